The number of allylic oxidation sites excluding steroid dienone is 2. The zero-order valence-electron chi connectivity index (χ0n) is 87.0. The SMILES string of the molecule is CC(C)(C)N(NC(=O)c1ccc(Cl)cc1)C(=O)c1ccccc1.CCc1ccc(C(=O)NN(C(=O)c2cc(C)cc(C)c2)C(C)(C)C)cc1.Cc1cc(C)cc(C(=O)N(CC(=O)c2ccc3c(c2C)CCCO3)C(C)(C)C)c1.Cc1cc(C)cc(C(=O)N(CC(=O)c2ccc3c(c2C)OC(C)C3)C(C)(C)C)c1.Cc1cc(Cl)c(-n2nc(C#N)c(S(=O)C(F)(F)F)c2N)c(Cl)c1.O=S1OCC2C(CO1)C1(Cl)C(Cl)=C(Cl)C2(Cl)C1(Cl)Cl. The summed E-state index contributed by atoms with van der Waals surface area (Å²) in [6.07, 6.45) is 3.80. The molecule has 149 heavy (non-hydrogen) atoms. The Morgan fingerprint density at radius 1 is 0.537 bits per heavy atom. The Hall–Kier alpha value is -10.4. The number of hydrazine groups is 2. The van der Waals surface area contributed by atoms with Crippen LogP contribution < -0.4 is 26.1 Å². The minimum atomic E-state index is -5.09. The number of rotatable bonds is 15. The molecule has 796 valence electrons. The number of aromatic nitrogens is 2. The monoisotopic (exact) mass is 2250 g/mol. The van der Waals surface area contributed by atoms with Crippen LogP contribution in [0.3, 0.4) is 0 Å². The summed E-state index contributed by atoms with van der Waals surface area (Å²) in [4.78, 5) is 104. The molecule has 1 aromatic heterocycles. The van der Waals surface area contributed by atoms with Crippen LogP contribution in [0.4, 0.5) is 19.0 Å². The second kappa shape index (κ2) is 48.7. The molecule has 2 bridgehead atoms. The third-order valence-electron chi connectivity index (χ3n) is 25.0. The van der Waals surface area contributed by atoms with Crippen molar-refractivity contribution in [3.8, 4) is 23.3 Å². The summed E-state index contributed by atoms with van der Waals surface area (Å²) in [6.45, 7) is 45.4. The number of halogens is 12. The number of carbonyl (C=O) groups excluding carboxylic acids is 8. The van der Waals surface area contributed by atoms with Gasteiger partial charge in [-0.1, -0.05) is 182 Å². The molecule has 0 radical (unpaired) electrons. The number of nitriles is 1. The summed E-state index contributed by atoms with van der Waals surface area (Å²) in [5.74, 6) is -1.31. The van der Waals surface area contributed by atoms with Gasteiger partial charge in [-0.15, -0.1) is 23.2 Å². The van der Waals surface area contributed by atoms with Crippen LogP contribution in [0.5, 0.6) is 11.5 Å². The van der Waals surface area contributed by atoms with Crippen molar-refractivity contribution in [2.75, 3.05) is 38.6 Å². The molecule has 4 heterocycles. The largest absolute Gasteiger partial charge is 0.493 e. The quantitative estimate of drug-likeness (QED) is 0.0488. The van der Waals surface area contributed by atoms with E-state index in [1.165, 1.54) is 33.8 Å². The van der Waals surface area contributed by atoms with Gasteiger partial charge in [0.05, 0.1) is 64.1 Å². The van der Waals surface area contributed by atoms with Crippen LogP contribution in [0.1, 0.15) is 259 Å². The Morgan fingerprint density at radius 3 is 1.35 bits per heavy atom. The minimum Gasteiger partial charge on any atom is -0.493 e. The zero-order valence-corrected chi connectivity index (χ0v) is 95.5. The number of benzene rings is 9. The third-order valence-corrected chi connectivity index (χ3v) is 32.1. The van der Waals surface area contributed by atoms with Gasteiger partial charge in [-0.05, 0) is 309 Å². The number of nitrogens with zero attached hydrogens (tertiary/aromatic N) is 7. The number of Topliss-reactive ketones (excluding diaryl/α,β-unsaturated/α-hetero) is 2. The highest BCUT2D eigenvalue weighted by Crippen LogP contribution is 2.76. The summed E-state index contributed by atoms with van der Waals surface area (Å²) < 4.78 is 81.8. The highest BCUT2D eigenvalue weighted by Gasteiger charge is 2.82. The zero-order chi connectivity index (χ0) is 111. The van der Waals surface area contributed by atoms with Crippen molar-refractivity contribution in [1.29, 1.82) is 5.26 Å². The van der Waals surface area contributed by atoms with E-state index in [9.17, 15) is 59.9 Å². The predicted molar refractivity (Wildman–Crippen MR) is 586 cm³/mol. The van der Waals surface area contributed by atoms with Crippen molar-refractivity contribution in [2.24, 2.45) is 11.8 Å². The van der Waals surface area contributed by atoms with Crippen LogP contribution in [0, 0.1) is 85.5 Å². The number of aryl methyl sites for hydroxylation is 8. The Balaban J connectivity index is 0.000000184. The molecule has 1 saturated carbocycles. The minimum absolute atomic E-state index is 0.00152. The second-order valence-corrected chi connectivity index (χ2v) is 47.9. The van der Waals surface area contributed by atoms with Crippen molar-refractivity contribution in [1.82, 2.24) is 40.4 Å². The molecular weight excluding hydrogens is 2140 g/mol. The molecule has 1 saturated heterocycles. The molecule has 4 N–H and O–H groups in total. The van der Waals surface area contributed by atoms with E-state index in [-0.39, 0.29) is 105 Å². The Bertz CT molecular complexity index is 6770. The van der Waals surface area contributed by atoms with Crippen molar-refractivity contribution in [3.63, 3.8) is 0 Å². The molecule has 24 nitrogen and oxygen atoms in total. The molecule has 0 spiro atoms. The summed E-state index contributed by atoms with van der Waals surface area (Å²) in [6, 6.07) is 52.1. The fourth-order valence-electron chi connectivity index (χ4n) is 17.7. The van der Waals surface area contributed by atoms with Crippen LogP contribution in [0.25, 0.3) is 5.69 Å². The number of hydrogen-bond acceptors (Lipinski definition) is 17. The van der Waals surface area contributed by atoms with Crippen molar-refractivity contribution >= 4 is 179 Å². The number of nitrogens with two attached hydrogens (primary N) is 1. The Morgan fingerprint density at radius 2 is 0.940 bits per heavy atom. The highest BCUT2D eigenvalue weighted by molar-refractivity contribution is 7.86. The first-order chi connectivity index (χ1) is 69.2. The first kappa shape index (κ1) is 120. The van der Waals surface area contributed by atoms with Crippen LogP contribution in [0.15, 0.2) is 185 Å². The van der Waals surface area contributed by atoms with Crippen LogP contribution >= 0.6 is 104 Å². The smallest absolute Gasteiger partial charge is 0.476 e. The average molecular weight is 2260 g/mol. The van der Waals surface area contributed by atoms with Gasteiger partial charge in [0.25, 0.3) is 35.4 Å². The molecule has 6 unspecified atom stereocenters. The highest BCUT2D eigenvalue weighted by atomic mass is 35.5. The lowest BCUT2D eigenvalue weighted by Crippen LogP contribution is -2.55. The maximum atomic E-state index is 13.3. The molecule has 38 heteroatoms. The fraction of sp³-hybridized carbons (Fsp3) is 0.387. The van der Waals surface area contributed by atoms with Gasteiger partial charge in [0.15, 0.2) is 32.4 Å². The predicted octanol–water partition coefficient (Wildman–Crippen LogP) is 25.8. The van der Waals surface area contributed by atoms with Gasteiger partial charge >= 0.3 is 16.9 Å². The van der Waals surface area contributed by atoms with E-state index in [1.54, 1.807) is 77.4 Å². The van der Waals surface area contributed by atoms with Crippen molar-refractivity contribution in [2.45, 2.75) is 238 Å². The van der Waals surface area contributed by atoms with E-state index in [4.69, 9.17) is 133 Å². The number of nitrogen functional groups attached to an aromatic ring is 1. The standard InChI is InChI=1S/2C25H31NO3.C22H28N2O2.C18H19ClN2O2.C12H7Cl2F3N4OS.C9H6Cl6O3S/c1-15-10-16(2)12-20(11-15)24(28)26(25(5,6)7)14-22(27)21-9-8-19-13-17(3)29-23(19)18(21)4;1-16-12-17(2)14-19(13-16)24(28)26(25(4,5)6)15-22(27)20-9-10-23-21(18(20)3)8-7-11-29-23;1-7-17-8-10-18(11-9-17)20(25)23-24(22(4,5)6)21(26)19-13-15(2)12-16(3)14-19;1-18(2,3)21(17(23)14-7-5-4-6-8-14)20-16(22)13-9-11-15(19)12-10-13;1-5-2-6(13)9(7(14)3-5)21-11(19)10(8(4-18)20-21)23(22)12(15,16)17;10-5-6(11)8(13)4-2-18-19(16)17-1-3(4)7(5,12)9(8,14)15/h8-12,17H,13-14H2,1-7H3;9-10,12-14H,7-8,11,15H2,1-6H3;8-14H,7H2,1-6H3,(H,23,25);4-12H,1-3H3,(H,20,22);2-3H,19H2,1H3;3-4H,1-2H2. The van der Waals surface area contributed by atoms with Gasteiger partial charge in [0.2, 0.25) is 0 Å². The number of ketones is 2. The number of hydrogen-bond donors (Lipinski definition) is 3. The average Bonchev–Trinajstić information content (AvgIpc) is 1.48. The molecule has 10 aromatic rings. The lowest BCUT2D eigenvalue weighted by Gasteiger charge is -2.35. The molecule has 3 aliphatic heterocycles. The van der Waals surface area contributed by atoms with Gasteiger partial charge < -0.3 is 25.0 Å². The van der Waals surface area contributed by atoms with Gasteiger partial charge in [0, 0.05) is 84.4 Å². The summed E-state index contributed by atoms with van der Waals surface area (Å²) >= 11 is 54.2. The topological polar surface area (TPSA) is 312 Å². The molecule has 6 amide bonds. The molecule has 15 rings (SSSR count). The van der Waals surface area contributed by atoms with E-state index in [1.807, 2.05) is 242 Å². The summed E-state index contributed by atoms with van der Waals surface area (Å²) in [7, 11) is -3.51. The van der Waals surface area contributed by atoms with Gasteiger partial charge in [-0.25, -0.2) is 18.9 Å². The van der Waals surface area contributed by atoms with E-state index in [0.717, 1.165) is 104 Å². The third kappa shape index (κ3) is 28.0. The van der Waals surface area contributed by atoms with E-state index < -0.39 is 92.1 Å². The van der Waals surface area contributed by atoms with Crippen LogP contribution in [0.2, 0.25) is 15.1 Å². The molecule has 2 fully saturated rings. The maximum Gasteiger partial charge on any atom is 0.476 e. The molecule has 6 atom stereocenters. The maximum absolute atomic E-state index is 13.3. The first-order valence-electron chi connectivity index (χ1n) is 47.7. The lowest BCUT2D eigenvalue weighted by molar-refractivity contribution is -0.0385. The molecular formula is C111H122Cl9F3N10O14S2. The van der Waals surface area contributed by atoms with E-state index >= 15 is 0 Å². The number of alkyl halides is 7. The second-order valence-electron chi connectivity index (χ2n) is 41.0. The summed E-state index contributed by atoms with van der Waals surface area (Å²) in [5, 5.41) is 16.3. The van der Waals surface area contributed by atoms with Gasteiger partial charge in [-0.2, -0.15) is 27.7 Å². The first-order valence-corrected chi connectivity index (χ1v) is 53.2. The molecule has 5 aliphatic rings. The van der Waals surface area contributed by atoms with Gasteiger partial charge in [0.1, 0.15) is 49.8 Å². The molecule has 9 aromatic carbocycles. The number of nitrogens with one attached hydrogen (secondary N) is 2. The van der Waals surface area contributed by atoms with E-state index in [0.29, 0.717) is 55.1 Å². The Kier molecular flexibility index (Phi) is 39.4. The molecule has 2 aliphatic carbocycles. The van der Waals surface area contributed by atoms with Crippen LogP contribution in [-0.2, 0) is 49.8 Å². The van der Waals surface area contributed by atoms with Crippen molar-refractivity contribution < 1.29 is 77.8 Å². The number of amides is 6. The summed E-state index contributed by atoms with van der Waals surface area (Å²) in [5.41, 5.74) is 20.0. The Labute approximate surface area is 919 Å². The van der Waals surface area contributed by atoms with Crippen LogP contribution in [-0.4, -0.2) is 166 Å². The van der Waals surface area contributed by atoms with Crippen molar-refractivity contribution in [3.05, 3.63) is 312 Å². The number of carbonyl (C=O) groups is 8. The lowest BCUT2D eigenvalue weighted by atomic mass is 9.83. The number of ether oxygens (including phenoxy) is 2. The van der Waals surface area contributed by atoms with Gasteiger partial charge in [-0.3, -0.25) is 57.6 Å². The fourth-order valence-corrected chi connectivity index (χ4v) is 22.9. The number of anilines is 1. The number of fused-ring (bicyclic) bond motifs is 7. The van der Waals surface area contributed by atoms with E-state index in [2.05, 4.69) is 22.9 Å². The normalized spacial score (nSPS) is 17.9.